The molecule has 4 heteroatoms. The van der Waals surface area contributed by atoms with Gasteiger partial charge in [-0.3, -0.25) is 4.79 Å². The molecule has 15 heavy (non-hydrogen) atoms. The van der Waals surface area contributed by atoms with Crippen LogP contribution in [0.2, 0.25) is 0 Å². The van der Waals surface area contributed by atoms with Crippen molar-refractivity contribution in [2.24, 2.45) is 18.9 Å². The maximum atomic E-state index is 12.0. The van der Waals surface area contributed by atoms with E-state index in [1.807, 2.05) is 0 Å². The van der Waals surface area contributed by atoms with Gasteiger partial charge < -0.3 is 9.30 Å². The van der Waals surface area contributed by atoms with Crippen LogP contribution < -0.4 is 0 Å². The molecule has 2 atom stereocenters. The van der Waals surface area contributed by atoms with Gasteiger partial charge in [-0.15, -0.1) is 0 Å². The summed E-state index contributed by atoms with van der Waals surface area (Å²) in [7, 11) is 1.50. The Hall–Kier alpha value is -1.32. The van der Waals surface area contributed by atoms with E-state index in [2.05, 4.69) is 4.98 Å². The fourth-order valence-corrected chi connectivity index (χ4v) is 1.39. The highest BCUT2D eigenvalue weighted by Gasteiger charge is 2.35. The van der Waals surface area contributed by atoms with Gasteiger partial charge in [0.2, 0.25) is 0 Å². The summed E-state index contributed by atoms with van der Waals surface area (Å²) in [5.74, 6) is -5.94. The monoisotopic (exact) mass is 216 g/mol. The first-order valence-electron chi connectivity index (χ1n) is 8.42. The molecule has 0 bridgehead atoms. The summed E-state index contributed by atoms with van der Waals surface area (Å²) in [6.45, 7) is -3.88. The predicted octanol–water partition coefficient (Wildman–Crippen LogP) is 1.16. The molecule has 0 saturated carbocycles. The number of hydrogen-bond acceptors (Lipinski definition) is 3. The summed E-state index contributed by atoms with van der Waals surface area (Å²) in [4.78, 5) is 15.8. The van der Waals surface area contributed by atoms with Crippen LogP contribution in [0.3, 0.4) is 0 Å². The number of imidazole rings is 1. The van der Waals surface area contributed by atoms with E-state index in [9.17, 15) is 4.79 Å². The van der Waals surface area contributed by atoms with Crippen molar-refractivity contribution in [2.45, 2.75) is 19.6 Å². The van der Waals surface area contributed by atoms with Crippen molar-refractivity contribution >= 4 is 5.97 Å². The van der Waals surface area contributed by atoms with Crippen LogP contribution >= 0.6 is 0 Å². The van der Waals surface area contributed by atoms with Crippen molar-refractivity contribution in [1.29, 1.82) is 0 Å². The highest BCUT2D eigenvalue weighted by Crippen LogP contribution is 2.27. The Kier molecular flexibility index (Phi) is 1.15. The molecule has 1 fully saturated rings. The molecule has 1 aliphatic rings. The van der Waals surface area contributed by atoms with Gasteiger partial charge in [-0.05, 0) is 12.7 Å². The van der Waals surface area contributed by atoms with Crippen LogP contribution in [0.25, 0.3) is 0 Å². The summed E-state index contributed by atoms with van der Waals surface area (Å²) in [6.07, 6.45) is -3.18. The highest BCUT2D eigenvalue weighted by molar-refractivity contribution is 5.74. The van der Waals surface area contributed by atoms with Crippen molar-refractivity contribution in [3.05, 3.63) is 18.2 Å². The van der Waals surface area contributed by atoms with Gasteiger partial charge in [0.25, 0.3) is 0 Å². The summed E-state index contributed by atoms with van der Waals surface area (Å²) in [5.41, 5.74) is -0.00114. The van der Waals surface area contributed by atoms with Gasteiger partial charge in [-0.25, -0.2) is 4.98 Å². The number of carbonyl (C=O) groups is 1. The van der Waals surface area contributed by atoms with Crippen LogP contribution in [-0.2, 0) is 23.0 Å². The predicted molar refractivity (Wildman–Crippen MR) is 55.1 cm³/mol. The number of rotatable bonds is 3. The maximum Gasteiger partial charge on any atom is 0.309 e. The molecule has 0 aromatic carbocycles. The molecule has 2 rings (SSSR count). The fourth-order valence-electron chi connectivity index (χ4n) is 1.39. The molecule has 1 aromatic rings. The summed E-state index contributed by atoms with van der Waals surface area (Å²) < 4.78 is 68.4. The molecule has 82 valence electrons. The highest BCUT2D eigenvalue weighted by atomic mass is 16.5. The zero-order valence-corrected chi connectivity index (χ0v) is 8.15. The smallest absolute Gasteiger partial charge is 0.309 e. The van der Waals surface area contributed by atoms with Crippen LogP contribution in [0.4, 0.5) is 0 Å². The lowest BCUT2D eigenvalue weighted by molar-refractivity contribution is -0.141. The second kappa shape index (κ2) is 4.04. The minimum atomic E-state index is -3.29. The third kappa shape index (κ3) is 1.89. The van der Waals surface area contributed by atoms with Gasteiger partial charge in [-0.1, -0.05) is 6.85 Å². The van der Waals surface area contributed by atoms with Crippen LogP contribution in [0.1, 0.15) is 29.9 Å². The molecule has 1 aliphatic heterocycles. The second-order valence-corrected chi connectivity index (χ2v) is 3.22. The second-order valence-electron chi connectivity index (χ2n) is 3.22. The minimum Gasteiger partial charge on any atom is -0.465 e. The zero-order valence-electron chi connectivity index (χ0n) is 16.2. The molecule has 1 saturated heterocycles. The molecule has 0 amide bonds. The van der Waals surface area contributed by atoms with Gasteiger partial charge in [0.15, 0.2) is 0 Å². The average Bonchev–Trinajstić information content (AvgIpc) is 2.95. The Balaban J connectivity index is 2.59. The van der Waals surface area contributed by atoms with E-state index in [1.54, 1.807) is 0 Å². The molecule has 1 aromatic heterocycles. The van der Waals surface area contributed by atoms with Crippen molar-refractivity contribution < 1.29 is 20.5 Å². The third-order valence-corrected chi connectivity index (χ3v) is 2.22. The van der Waals surface area contributed by atoms with E-state index < -0.39 is 44.0 Å². The number of aryl methyl sites for hydroxylation is 1. The first-order valence-corrected chi connectivity index (χ1v) is 4.42. The van der Waals surface area contributed by atoms with E-state index >= 15 is 0 Å². The van der Waals surface area contributed by atoms with Gasteiger partial charge >= 0.3 is 5.97 Å². The lowest BCUT2D eigenvalue weighted by Gasteiger charge is -2.12. The lowest BCUT2D eigenvalue weighted by atomic mass is 9.89. The van der Waals surface area contributed by atoms with Crippen LogP contribution in [0.15, 0.2) is 12.5 Å². The van der Waals surface area contributed by atoms with Crippen molar-refractivity contribution in [3.63, 3.8) is 0 Å². The molecule has 2 heterocycles. The van der Waals surface area contributed by atoms with Gasteiger partial charge in [0, 0.05) is 35.8 Å². The maximum absolute atomic E-state index is 12.0. The normalized spacial score (nSPS) is 41.1. The third-order valence-electron chi connectivity index (χ3n) is 2.22. The molecular weight excluding hydrogens is 192 g/mol. The number of cyclic esters (lactones) is 1. The molecule has 0 unspecified atom stereocenters. The topological polar surface area (TPSA) is 44.1 Å². The van der Waals surface area contributed by atoms with Crippen molar-refractivity contribution in [3.8, 4) is 0 Å². The van der Waals surface area contributed by atoms with Crippen LogP contribution in [-0.4, -0.2) is 22.1 Å². The lowest BCUT2D eigenvalue weighted by Crippen LogP contribution is -2.18. The largest absolute Gasteiger partial charge is 0.465 e. The fraction of sp³-hybridized carbons (Fsp3) is 0.636. The number of carbonyl (C=O) groups excluding carboxylic acids is 1. The zero-order chi connectivity index (χ0) is 17.8. The number of aromatic nitrogens is 2. The number of esters is 1. The van der Waals surface area contributed by atoms with E-state index in [0.29, 0.717) is 0 Å². The average molecular weight is 216 g/mol. The van der Waals surface area contributed by atoms with E-state index in [0.717, 1.165) is 0 Å². The number of nitrogens with zero attached hydrogens (tertiary/aromatic N) is 2. The molecule has 0 N–H and O–H groups in total. The van der Waals surface area contributed by atoms with Gasteiger partial charge in [-0.2, -0.15) is 0 Å². The molecular formula is C11H16N2O2. The number of ether oxygens (including phenoxy) is 1. The standard InChI is InChI=1S/C11H16N2O2/c1-3-10-8(6-15-11(10)14)4-9-5-12-7-13(9)2/h5,7-8,10H,3-4,6H2,1-2H3/t8-,10-/m0/s1/i1D3,3D2,4D2,10D. The van der Waals surface area contributed by atoms with Gasteiger partial charge in [0.05, 0.1) is 18.8 Å². The van der Waals surface area contributed by atoms with Crippen LogP contribution in [0.5, 0.6) is 0 Å². The summed E-state index contributed by atoms with van der Waals surface area (Å²) in [5, 5.41) is 0. The summed E-state index contributed by atoms with van der Waals surface area (Å²) in [6, 6.07) is 0. The summed E-state index contributed by atoms with van der Waals surface area (Å²) >= 11 is 0. The quantitative estimate of drug-likeness (QED) is 0.712. The van der Waals surface area contributed by atoms with E-state index in [1.165, 1.54) is 24.1 Å². The molecule has 0 radical (unpaired) electrons. The van der Waals surface area contributed by atoms with E-state index in [-0.39, 0.29) is 5.69 Å². The first-order chi connectivity index (χ1) is 10.3. The minimum absolute atomic E-state index is 0.00114. The van der Waals surface area contributed by atoms with Crippen LogP contribution in [0, 0.1) is 11.8 Å². The Morgan fingerprint density at radius 2 is 2.80 bits per heavy atom. The Morgan fingerprint density at radius 1 is 1.93 bits per heavy atom. The van der Waals surface area contributed by atoms with Gasteiger partial charge in [0.1, 0.15) is 0 Å². The van der Waals surface area contributed by atoms with Crippen molar-refractivity contribution in [1.82, 2.24) is 9.55 Å². The molecule has 4 nitrogen and oxygen atoms in total. The molecule has 0 spiro atoms. The van der Waals surface area contributed by atoms with Crippen molar-refractivity contribution in [2.75, 3.05) is 6.61 Å². The first kappa shape index (κ1) is 4.28. The van der Waals surface area contributed by atoms with E-state index in [4.69, 9.17) is 15.7 Å². The molecule has 0 aliphatic carbocycles. The number of hydrogen-bond donors (Lipinski definition) is 0. The Morgan fingerprint density at radius 3 is 3.47 bits per heavy atom. The SMILES string of the molecule is [2H]C([2H])(c1cncn1C)[C@H]1COC(=O)[C@@]1([2H])C([2H])([2H])C([2H])([2H])[2H]. The Bertz CT molecular complexity index is 626. The Labute approximate surface area is 100 Å².